The van der Waals surface area contributed by atoms with Gasteiger partial charge in [0.1, 0.15) is 12.6 Å². The Morgan fingerprint density at radius 3 is 2.13 bits per heavy atom. The third-order valence-electron chi connectivity index (χ3n) is 8.23. The number of hydrogen-bond donors (Lipinski definition) is 1. The van der Waals surface area contributed by atoms with Gasteiger partial charge in [0, 0.05) is 29.1 Å². The first-order valence-corrected chi connectivity index (χ1v) is 17.6. The minimum absolute atomic E-state index is 0.00284. The molecule has 0 saturated heterocycles. The highest BCUT2D eigenvalue weighted by Crippen LogP contribution is 2.28. The molecule has 0 spiro atoms. The quantitative estimate of drug-likeness (QED) is 0.171. The Balaban J connectivity index is 1.56. The zero-order valence-electron chi connectivity index (χ0n) is 25.4. The third kappa shape index (κ3) is 8.49. The van der Waals surface area contributed by atoms with Crippen LogP contribution in [0.15, 0.2) is 114 Å². The molecule has 1 aliphatic carbocycles. The van der Waals surface area contributed by atoms with Crippen LogP contribution in [0.3, 0.4) is 0 Å². The van der Waals surface area contributed by atoms with Crippen molar-refractivity contribution in [2.75, 3.05) is 10.8 Å². The molecule has 10 heteroatoms. The molecule has 0 heterocycles. The van der Waals surface area contributed by atoms with E-state index in [4.69, 9.17) is 23.2 Å². The molecule has 0 aliphatic heterocycles. The normalized spacial score (nSPS) is 14.3. The molecule has 46 heavy (non-hydrogen) atoms. The summed E-state index contributed by atoms with van der Waals surface area (Å²) < 4.78 is 29.2. The monoisotopic (exact) mass is 677 g/mol. The molecule has 1 atom stereocenters. The van der Waals surface area contributed by atoms with Crippen molar-refractivity contribution in [2.45, 2.75) is 62.0 Å². The maximum Gasteiger partial charge on any atom is 0.264 e. The van der Waals surface area contributed by atoms with E-state index in [1.54, 1.807) is 54.6 Å². The minimum atomic E-state index is -4.21. The summed E-state index contributed by atoms with van der Waals surface area (Å²) in [5.74, 6) is -0.837. The molecule has 240 valence electrons. The van der Waals surface area contributed by atoms with Crippen LogP contribution >= 0.6 is 23.2 Å². The van der Waals surface area contributed by atoms with Gasteiger partial charge in [0.05, 0.1) is 10.6 Å². The van der Waals surface area contributed by atoms with Gasteiger partial charge in [-0.1, -0.05) is 115 Å². The Kier molecular flexibility index (Phi) is 11.4. The van der Waals surface area contributed by atoms with E-state index < -0.39 is 28.5 Å². The van der Waals surface area contributed by atoms with Crippen molar-refractivity contribution in [3.8, 4) is 0 Å². The number of nitrogens with zero attached hydrogens (tertiary/aromatic N) is 2. The van der Waals surface area contributed by atoms with E-state index in [0.717, 1.165) is 42.0 Å². The van der Waals surface area contributed by atoms with Gasteiger partial charge in [-0.3, -0.25) is 13.9 Å². The molecule has 7 nitrogen and oxygen atoms in total. The fraction of sp³-hybridized carbons (Fsp3) is 0.278. The van der Waals surface area contributed by atoms with E-state index in [9.17, 15) is 18.0 Å². The molecular weight excluding hydrogens is 641 g/mol. The van der Waals surface area contributed by atoms with Crippen molar-refractivity contribution in [1.29, 1.82) is 0 Å². The predicted molar refractivity (Wildman–Crippen MR) is 183 cm³/mol. The SMILES string of the molecule is O=C(NC1CCCCC1)[C@@H](Cc1ccccc1)N(Cc1ccccc1Cl)C(=O)CN(c1cccc(Cl)c1)S(=O)(=O)c1ccccc1. The number of carbonyl (C=O) groups is 2. The van der Waals surface area contributed by atoms with E-state index in [1.807, 2.05) is 36.4 Å². The summed E-state index contributed by atoms with van der Waals surface area (Å²) in [5.41, 5.74) is 1.74. The standard InChI is InChI=1S/C36H37Cl2N3O4S/c37-29-16-12-19-31(24-29)41(46(44,45)32-20-8-3-9-21-32)26-35(42)40(25-28-15-10-11-22-33(28)38)34(23-27-13-4-1-5-14-27)36(43)39-30-17-6-2-7-18-30/h1,3-5,8-16,19-22,24,30,34H,2,6-7,17-18,23,25-26H2,(H,39,43)/t34-/m1/s1. The number of carbonyl (C=O) groups excluding carboxylic acids is 2. The van der Waals surface area contributed by atoms with Crippen LogP contribution in [0.5, 0.6) is 0 Å². The molecule has 1 N–H and O–H groups in total. The second kappa shape index (κ2) is 15.6. The van der Waals surface area contributed by atoms with Gasteiger partial charge in [-0.15, -0.1) is 0 Å². The third-order valence-corrected chi connectivity index (χ3v) is 10.6. The first-order valence-electron chi connectivity index (χ1n) is 15.4. The highest BCUT2D eigenvalue weighted by atomic mass is 35.5. The van der Waals surface area contributed by atoms with Gasteiger partial charge >= 0.3 is 0 Å². The number of halogens is 2. The summed E-state index contributed by atoms with van der Waals surface area (Å²) in [6, 6.07) is 30.0. The summed E-state index contributed by atoms with van der Waals surface area (Å²) in [6.07, 6.45) is 5.18. The Morgan fingerprint density at radius 1 is 0.804 bits per heavy atom. The molecule has 1 fully saturated rings. The van der Waals surface area contributed by atoms with Crippen molar-refractivity contribution in [2.24, 2.45) is 0 Å². The van der Waals surface area contributed by atoms with Crippen molar-refractivity contribution < 1.29 is 18.0 Å². The maximum atomic E-state index is 14.6. The second-order valence-electron chi connectivity index (χ2n) is 11.5. The topological polar surface area (TPSA) is 86.8 Å². The average molecular weight is 679 g/mol. The summed E-state index contributed by atoms with van der Waals surface area (Å²) in [6.45, 7) is -0.563. The van der Waals surface area contributed by atoms with Crippen LogP contribution < -0.4 is 9.62 Å². The number of nitrogens with one attached hydrogen (secondary N) is 1. The highest BCUT2D eigenvalue weighted by molar-refractivity contribution is 7.92. The van der Waals surface area contributed by atoms with E-state index in [2.05, 4.69) is 5.32 Å². The molecule has 0 aromatic heterocycles. The summed E-state index contributed by atoms with van der Waals surface area (Å²) in [4.78, 5) is 30.3. The van der Waals surface area contributed by atoms with Crippen LogP contribution in [0.1, 0.15) is 43.2 Å². The molecule has 5 rings (SSSR count). The number of amides is 2. The molecule has 1 aliphatic rings. The van der Waals surface area contributed by atoms with E-state index in [0.29, 0.717) is 15.6 Å². The summed E-state index contributed by atoms with van der Waals surface area (Å²) in [5, 5.41) is 3.97. The first kappa shape index (κ1) is 33.5. The Labute approximate surface area is 281 Å². The largest absolute Gasteiger partial charge is 0.352 e. The first-order chi connectivity index (χ1) is 22.2. The predicted octanol–water partition coefficient (Wildman–Crippen LogP) is 7.28. The zero-order chi connectivity index (χ0) is 32.5. The fourth-order valence-corrected chi connectivity index (χ4v) is 7.60. The van der Waals surface area contributed by atoms with Gasteiger partial charge in [0.25, 0.3) is 10.0 Å². The molecule has 2 amide bonds. The lowest BCUT2D eigenvalue weighted by Gasteiger charge is -2.35. The second-order valence-corrected chi connectivity index (χ2v) is 14.2. The number of rotatable bonds is 12. The van der Waals surface area contributed by atoms with Crippen LogP contribution in [0.25, 0.3) is 0 Å². The fourth-order valence-electron chi connectivity index (χ4n) is 5.79. The van der Waals surface area contributed by atoms with Gasteiger partial charge in [-0.25, -0.2) is 8.42 Å². The molecule has 4 aromatic rings. The number of benzene rings is 4. The van der Waals surface area contributed by atoms with Crippen LogP contribution in [-0.2, 0) is 32.6 Å². The summed E-state index contributed by atoms with van der Waals surface area (Å²) >= 11 is 12.9. The molecule has 1 saturated carbocycles. The van der Waals surface area contributed by atoms with Crippen LogP contribution in [0.2, 0.25) is 10.0 Å². The Hall–Kier alpha value is -3.85. The van der Waals surface area contributed by atoms with Crippen LogP contribution in [-0.4, -0.2) is 43.8 Å². The lowest BCUT2D eigenvalue weighted by molar-refractivity contribution is -0.140. The van der Waals surface area contributed by atoms with Crippen molar-refractivity contribution in [3.05, 3.63) is 130 Å². The van der Waals surface area contributed by atoms with Crippen molar-refractivity contribution in [1.82, 2.24) is 10.2 Å². The van der Waals surface area contributed by atoms with E-state index in [-0.39, 0.29) is 35.5 Å². The number of sulfonamides is 1. The van der Waals surface area contributed by atoms with Gasteiger partial charge in [-0.2, -0.15) is 0 Å². The van der Waals surface area contributed by atoms with Crippen molar-refractivity contribution in [3.63, 3.8) is 0 Å². The lowest BCUT2D eigenvalue weighted by atomic mass is 9.94. The summed E-state index contributed by atoms with van der Waals surface area (Å²) in [7, 11) is -4.21. The molecular formula is C36H37Cl2N3O4S. The Morgan fingerprint density at radius 2 is 1.46 bits per heavy atom. The molecule has 0 radical (unpaired) electrons. The maximum absolute atomic E-state index is 14.6. The van der Waals surface area contributed by atoms with E-state index >= 15 is 0 Å². The molecule has 0 unspecified atom stereocenters. The van der Waals surface area contributed by atoms with E-state index in [1.165, 1.54) is 23.1 Å². The molecule has 4 aromatic carbocycles. The van der Waals surface area contributed by atoms with Gasteiger partial charge in [-0.05, 0) is 60.4 Å². The smallest absolute Gasteiger partial charge is 0.264 e. The van der Waals surface area contributed by atoms with Gasteiger partial charge < -0.3 is 10.2 Å². The number of anilines is 1. The minimum Gasteiger partial charge on any atom is -0.352 e. The lowest BCUT2D eigenvalue weighted by Crippen LogP contribution is -2.55. The van der Waals surface area contributed by atoms with Crippen LogP contribution in [0.4, 0.5) is 5.69 Å². The highest BCUT2D eigenvalue weighted by Gasteiger charge is 2.35. The average Bonchev–Trinajstić information content (AvgIpc) is 3.07. The Bertz CT molecular complexity index is 1730. The number of hydrogen-bond acceptors (Lipinski definition) is 4. The van der Waals surface area contributed by atoms with Gasteiger partial charge in [0.15, 0.2) is 0 Å². The van der Waals surface area contributed by atoms with Crippen LogP contribution in [0, 0.1) is 0 Å². The van der Waals surface area contributed by atoms with Crippen molar-refractivity contribution >= 4 is 50.7 Å². The molecule has 0 bridgehead atoms. The zero-order valence-corrected chi connectivity index (χ0v) is 27.7. The van der Waals surface area contributed by atoms with Gasteiger partial charge in [0.2, 0.25) is 11.8 Å².